The molecular formula is C10H18N4. The van der Waals surface area contributed by atoms with Crippen LogP contribution in [0.15, 0.2) is 6.20 Å². The standard InChI is InChI=1S/C10H18N4/c1-8-4-12-14(3)10(8)7-13(2)9-5-11-6-9/h4,9,11H,5-7H2,1-3H3. The smallest absolute Gasteiger partial charge is 0.0550 e. The third-order valence-electron chi connectivity index (χ3n) is 3.05. The topological polar surface area (TPSA) is 33.1 Å². The molecule has 0 atom stereocenters. The van der Waals surface area contributed by atoms with Gasteiger partial charge in [-0.2, -0.15) is 5.10 Å². The fraction of sp³-hybridized carbons (Fsp3) is 0.700. The molecule has 1 aliphatic rings. The SMILES string of the molecule is Cc1cnn(C)c1CN(C)C1CNC1. The molecule has 14 heavy (non-hydrogen) atoms. The predicted octanol–water partition coefficient (Wildman–Crippen LogP) is 0.132. The molecular weight excluding hydrogens is 176 g/mol. The van der Waals surface area contributed by atoms with Gasteiger partial charge in [-0.05, 0) is 19.5 Å². The third kappa shape index (κ3) is 1.67. The Kier molecular flexibility index (Phi) is 2.56. The summed E-state index contributed by atoms with van der Waals surface area (Å²) in [6, 6.07) is 0.698. The number of nitrogens with zero attached hydrogens (tertiary/aromatic N) is 3. The molecule has 4 heteroatoms. The van der Waals surface area contributed by atoms with E-state index in [0.29, 0.717) is 6.04 Å². The first-order chi connectivity index (χ1) is 6.68. The molecule has 0 spiro atoms. The van der Waals surface area contributed by atoms with Gasteiger partial charge in [0.25, 0.3) is 0 Å². The summed E-state index contributed by atoms with van der Waals surface area (Å²) >= 11 is 0. The lowest BCUT2D eigenvalue weighted by Gasteiger charge is -2.35. The maximum absolute atomic E-state index is 4.25. The molecule has 4 nitrogen and oxygen atoms in total. The Hall–Kier alpha value is -0.870. The molecule has 2 rings (SSSR count). The Labute approximate surface area is 84.9 Å². The van der Waals surface area contributed by atoms with E-state index in [-0.39, 0.29) is 0 Å². The van der Waals surface area contributed by atoms with Crippen molar-refractivity contribution in [2.45, 2.75) is 19.5 Å². The van der Waals surface area contributed by atoms with Gasteiger partial charge in [-0.3, -0.25) is 9.58 Å². The molecule has 78 valence electrons. The van der Waals surface area contributed by atoms with E-state index < -0.39 is 0 Å². The van der Waals surface area contributed by atoms with Crippen molar-refractivity contribution in [3.63, 3.8) is 0 Å². The molecule has 2 heterocycles. The van der Waals surface area contributed by atoms with Gasteiger partial charge in [-0.25, -0.2) is 0 Å². The van der Waals surface area contributed by atoms with E-state index in [2.05, 4.69) is 29.3 Å². The fourth-order valence-corrected chi connectivity index (χ4v) is 1.75. The van der Waals surface area contributed by atoms with Gasteiger partial charge in [0.1, 0.15) is 0 Å². The first-order valence-corrected chi connectivity index (χ1v) is 5.07. The van der Waals surface area contributed by atoms with Crippen LogP contribution in [0.3, 0.4) is 0 Å². The lowest BCUT2D eigenvalue weighted by Crippen LogP contribution is -2.55. The number of hydrogen-bond acceptors (Lipinski definition) is 3. The van der Waals surface area contributed by atoms with Gasteiger partial charge in [0.15, 0.2) is 0 Å². The second-order valence-electron chi connectivity index (χ2n) is 4.13. The van der Waals surface area contributed by atoms with Crippen LogP contribution in [-0.2, 0) is 13.6 Å². The number of likely N-dealkylation sites (N-methyl/N-ethyl adjacent to an activating group) is 1. The van der Waals surface area contributed by atoms with Gasteiger partial charge >= 0.3 is 0 Å². The van der Waals surface area contributed by atoms with Crippen LogP contribution < -0.4 is 5.32 Å². The van der Waals surface area contributed by atoms with Gasteiger partial charge in [-0.1, -0.05) is 0 Å². The number of nitrogens with one attached hydrogen (secondary N) is 1. The second kappa shape index (κ2) is 3.71. The first-order valence-electron chi connectivity index (χ1n) is 5.07. The lowest BCUT2D eigenvalue weighted by atomic mass is 10.1. The van der Waals surface area contributed by atoms with E-state index in [1.807, 2.05) is 17.9 Å². The van der Waals surface area contributed by atoms with Crippen LogP contribution in [0, 0.1) is 6.92 Å². The summed E-state index contributed by atoms with van der Waals surface area (Å²) in [5.74, 6) is 0. The minimum atomic E-state index is 0.698. The van der Waals surface area contributed by atoms with E-state index in [9.17, 15) is 0 Å². The molecule has 0 radical (unpaired) electrons. The average Bonchev–Trinajstić information content (AvgIpc) is 2.32. The highest BCUT2D eigenvalue weighted by Crippen LogP contribution is 2.11. The van der Waals surface area contributed by atoms with Crippen molar-refractivity contribution < 1.29 is 0 Å². The minimum Gasteiger partial charge on any atom is -0.314 e. The molecule has 0 bridgehead atoms. The molecule has 0 amide bonds. The highest BCUT2D eigenvalue weighted by atomic mass is 15.3. The van der Waals surface area contributed by atoms with Crippen molar-refractivity contribution in [2.24, 2.45) is 7.05 Å². The van der Waals surface area contributed by atoms with Crippen molar-refractivity contribution in [3.8, 4) is 0 Å². The molecule has 0 aromatic carbocycles. The monoisotopic (exact) mass is 194 g/mol. The summed E-state index contributed by atoms with van der Waals surface area (Å²) in [6.07, 6.45) is 1.93. The van der Waals surface area contributed by atoms with Crippen LogP contribution in [0.1, 0.15) is 11.3 Å². The van der Waals surface area contributed by atoms with Crippen molar-refractivity contribution in [1.29, 1.82) is 0 Å². The average molecular weight is 194 g/mol. The van der Waals surface area contributed by atoms with Crippen LogP contribution in [0.4, 0.5) is 0 Å². The normalized spacial score (nSPS) is 17.4. The van der Waals surface area contributed by atoms with Gasteiger partial charge in [0, 0.05) is 32.7 Å². The van der Waals surface area contributed by atoms with Crippen LogP contribution in [0.5, 0.6) is 0 Å². The van der Waals surface area contributed by atoms with Crippen molar-refractivity contribution >= 4 is 0 Å². The number of aryl methyl sites for hydroxylation is 2. The van der Waals surface area contributed by atoms with Crippen LogP contribution >= 0.6 is 0 Å². The molecule has 1 fully saturated rings. The lowest BCUT2D eigenvalue weighted by molar-refractivity contribution is 0.169. The van der Waals surface area contributed by atoms with Crippen molar-refractivity contribution in [1.82, 2.24) is 20.0 Å². The van der Waals surface area contributed by atoms with E-state index in [1.165, 1.54) is 11.3 Å². The van der Waals surface area contributed by atoms with E-state index in [1.54, 1.807) is 0 Å². The molecule has 1 saturated heterocycles. The largest absolute Gasteiger partial charge is 0.314 e. The van der Waals surface area contributed by atoms with E-state index in [4.69, 9.17) is 0 Å². The summed E-state index contributed by atoms with van der Waals surface area (Å²) in [4.78, 5) is 2.39. The summed E-state index contributed by atoms with van der Waals surface area (Å²) in [5, 5.41) is 7.53. The van der Waals surface area contributed by atoms with E-state index >= 15 is 0 Å². The zero-order valence-electron chi connectivity index (χ0n) is 9.12. The molecule has 0 aliphatic carbocycles. The van der Waals surface area contributed by atoms with Crippen LogP contribution in [-0.4, -0.2) is 40.9 Å². The van der Waals surface area contributed by atoms with Crippen LogP contribution in [0.25, 0.3) is 0 Å². The molecule has 1 aliphatic heterocycles. The Bertz CT molecular complexity index is 294. The van der Waals surface area contributed by atoms with Gasteiger partial charge in [0.2, 0.25) is 0 Å². The van der Waals surface area contributed by atoms with Gasteiger partial charge in [0.05, 0.1) is 11.9 Å². The molecule has 0 unspecified atom stereocenters. The number of hydrogen-bond donors (Lipinski definition) is 1. The quantitative estimate of drug-likeness (QED) is 0.742. The molecule has 1 aromatic heterocycles. The maximum atomic E-state index is 4.25. The zero-order chi connectivity index (χ0) is 10.1. The highest BCUT2D eigenvalue weighted by molar-refractivity contribution is 5.15. The second-order valence-corrected chi connectivity index (χ2v) is 4.13. The minimum absolute atomic E-state index is 0.698. The summed E-state index contributed by atoms with van der Waals surface area (Å²) in [5.41, 5.74) is 2.60. The van der Waals surface area contributed by atoms with Gasteiger partial charge < -0.3 is 5.32 Å². The summed E-state index contributed by atoms with van der Waals surface area (Å²) in [6.45, 7) is 5.35. The maximum Gasteiger partial charge on any atom is 0.0550 e. The van der Waals surface area contributed by atoms with Crippen LogP contribution in [0.2, 0.25) is 0 Å². The number of aromatic nitrogens is 2. The predicted molar refractivity (Wildman–Crippen MR) is 56.1 cm³/mol. The Balaban J connectivity index is 2.02. The number of rotatable bonds is 3. The Morgan fingerprint density at radius 1 is 1.64 bits per heavy atom. The summed E-state index contributed by atoms with van der Waals surface area (Å²) in [7, 11) is 4.19. The molecule has 1 aromatic rings. The Morgan fingerprint density at radius 3 is 2.79 bits per heavy atom. The van der Waals surface area contributed by atoms with E-state index in [0.717, 1.165) is 19.6 Å². The van der Waals surface area contributed by atoms with Crippen molar-refractivity contribution in [3.05, 3.63) is 17.5 Å². The van der Waals surface area contributed by atoms with Gasteiger partial charge in [-0.15, -0.1) is 0 Å². The molecule has 1 N–H and O–H groups in total. The van der Waals surface area contributed by atoms with Crippen molar-refractivity contribution in [2.75, 3.05) is 20.1 Å². The molecule has 0 saturated carbocycles. The Morgan fingerprint density at radius 2 is 2.36 bits per heavy atom. The summed E-state index contributed by atoms with van der Waals surface area (Å²) < 4.78 is 1.97. The fourth-order valence-electron chi connectivity index (χ4n) is 1.75. The highest BCUT2D eigenvalue weighted by Gasteiger charge is 2.22. The first kappa shape index (κ1) is 9.68. The zero-order valence-corrected chi connectivity index (χ0v) is 9.12. The third-order valence-corrected chi connectivity index (χ3v) is 3.05.